The summed E-state index contributed by atoms with van der Waals surface area (Å²) in [6, 6.07) is 8.93. The highest BCUT2D eigenvalue weighted by molar-refractivity contribution is 7.88. The Hall–Kier alpha value is -1.38. The summed E-state index contributed by atoms with van der Waals surface area (Å²) in [5.74, 6) is 0.397. The van der Waals surface area contributed by atoms with Crippen LogP contribution in [0.15, 0.2) is 24.3 Å². The minimum absolute atomic E-state index is 0.0762. The van der Waals surface area contributed by atoms with E-state index in [4.69, 9.17) is 5.26 Å². The Morgan fingerprint density at radius 3 is 2.79 bits per heavy atom. The monoisotopic (exact) mass is 278 g/mol. The van der Waals surface area contributed by atoms with Gasteiger partial charge in [-0.3, -0.25) is 0 Å². The standard InChI is InChI=1S/C14H18N2O2S/c1-2-12-7-8-16(10-12)19(17,18)11-14-6-4-3-5-13(14)9-15/h3-6,12H,2,7-8,10-11H2,1H3. The third-order valence-electron chi connectivity index (χ3n) is 3.70. The van der Waals surface area contributed by atoms with Crippen molar-refractivity contribution in [2.24, 2.45) is 5.92 Å². The maximum Gasteiger partial charge on any atom is 0.218 e. The van der Waals surface area contributed by atoms with Gasteiger partial charge in [0.15, 0.2) is 0 Å². The van der Waals surface area contributed by atoms with E-state index < -0.39 is 10.0 Å². The second-order valence-corrected chi connectivity index (χ2v) is 6.92. The Morgan fingerprint density at radius 2 is 2.16 bits per heavy atom. The second kappa shape index (κ2) is 5.72. The lowest BCUT2D eigenvalue weighted by molar-refractivity contribution is 0.452. The predicted octanol–water partition coefficient (Wildman–Crippen LogP) is 2.12. The van der Waals surface area contributed by atoms with Crippen molar-refractivity contribution < 1.29 is 8.42 Å². The van der Waals surface area contributed by atoms with Crippen LogP contribution in [0.3, 0.4) is 0 Å². The summed E-state index contributed by atoms with van der Waals surface area (Å²) in [4.78, 5) is 0. The van der Waals surface area contributed by atoms with Crippen molar-refractivity contribution in [3.8, 4) is 6.07 Å². The number of sulfonamides is 1. The molecule has 0 saturated carbocycles. The average molecular weight is 278 g/mol. The van der Waals surface area contributed by atoms with Gasteiger partial charge in [-0.05, 0) is 24.0 Å². The second-order valence-electron chi connectivity index (χ2n) is 4.95. The Morgan fingerprint density at radius 1 is 1.42 bits per heavy atom. The fourth-order valence-corrected chi connectivity index (χ4v) is 4.07. The van der Waals surface area contributed by atoms with Crippen LogP contribution in [0, 0.1) is 17.2 Å². The van der Waals surface area contributed by atoms with Crippen molar-refractivity contribution in [1.29, 1.82) is 5.26 Å². The first kappa shape index (κ1) is 14.0. The molecule has 1 aromatic carbocycles. The first-order valence-corrected chi connectivity index (χ1v) is 8.13. The van der Waals surface area contributed by atoms with Gasteiger partial charge in [0.2, 0.25) is 10.0 Å². The quantitative estimate of drug-likeness (QED) is 0.847. The van der Waals surface area contributed by atoms with Crippen molar-refractivity contribution in [2.75, 3.05) is 13.1 Å². The molecular formula is C14H18N2O2S. The number of nitrogens with zero attached hydrogens (tertiary/aromatic N) is 2. The molecule has 0 amide bonds. The molecular weight excluding hydrogens is 260 g/mol. The smallest absolute Gasteiger partial charge is 0.212 e. The molecule has 4 nitrogen and oxygen atoms in total. The third kappa shape index (κ3) is 3.14. The van der Waals surface area contributed by atoms with Crippen LogP contribution in [0.25, 0.3) is 0 Å². The lowest BCUT2D eigenvalue weighted by Crippen LogP contribution is -2.30. The van der Waals surface area contributed by atoms with E-state index in [0.29, 0.717) is 30.1 Å². The van der Waals surface area contributed by atoms with E-state index in [9.17, 15) is 8.42 Å². The molecule has 0 aliphatic carbocycles. The summed E-state index contributed by atoms with van der Waals surface area (Å²) < 4.78 is 26.3. The van der Waals surface area contributed by atoms with Crippen molar-refractivity contribution in [2.45, 2.75) is 25.5 Å². The van der Waals surface area contributed by atoms with Crippen LogP contribution in [0.1, 0.15) is 30.9 Å². The molecule has 0 radical (unpaired) electrons. The molecule has 1 aliphatic heterocycles. The largest absolute Gasteiger partial charge is 0.218 e. The number of benzene rings is 1. The zero-order valence-electron chi connectivity index (χ0n) is 11.0. The number of hydrogen-bond acceptors (Lipinski definition) is 3. The van der Waals surface area contributed by atoms with Crippen molar-refractivity contribution >= 4 is 10.0 Å². The molecule has 1 atom stereocenters. The van der Waals surface area contributed by atoms with Gasteiger partial charge in [0.05, 0.1) is 17.4 Å². The van der Waals surface area contributed by atoms with Gasteiger partial charge in [0, 0.05) is 13.1 Å². The topological polar surface area (TPSA) is 61.2 Å². The predicted molar refractivity (Wildman–Crippen MR) is 73.8 cm³/mol. The summed E-state index contributed by atoms with van der Waals surface area (Å²) >= 11 is 0. The molecule has 102 valence electrons. The fraction of sp³-hybridized carbons (Fsp3) is 0.500. The number of nitriles is 1. The molecule has 1 fully saturated rings. The van der Waals surface area contributed by atoms with E-state index >= 15 is 0 Å². The number of rotatable bonds is 4. The first-order valence-electron chi connectivity index (χ1n) is 6.52. The Balaban J connectivity index is 2.16. The van der Waals surface area contributed by atoms with Gasteiger partial charge in [-0.1, -0.05) is 31.5 Å². The maximum atomic E-state index is 12.3. The minimum atomic E-state index is -3.31. The zero-order valence-corrected chi connectivity index (χ0v) is 11.9. The van der Waals surface area contributed by atoms with Gasteiger partial charge in [0.1, 0.15) is 0 Å². The van der Waals surface area contributed by atoms with Gasteiger partial charge in [-0.25, -0.2) is 12.7 Å². The summed E-state index contributed by atoms with van der Waals surface area (Å²) in [6.45, 7) is 3.31. The molecule has 2 rings (SSSR count). The van der Waals surface area contributed by atoms with E-state index in [1.165, 1.54) is 0 Å². The summed E-state index contributed by atoms with van der Waals surface area (Å²) in [5.41, 5.74) is 1.03. The highest BCUT2D eigenvalue weighted by Crippen LogP contribution is 2.24. The molecule has 1 aromatic rings. The lowest BCUT2D eigenvalue weighted by Gasteiger charge is -2.16. The zero-order chi connectivity index (χ0) is 13.9. The Labute approximate surface area is 114 Å². The molecule has 0 N–H and O–H groups in total. The maximum absolute atomic E-state index is 12.3. The van der Waals surface area contributed by atoms with Gasteiger partial charge in [0.25, 0.3) is 0 Å². The first-order chi connectivity index (χ1) is 9.06. The minimum Gasteiger partial charge on any atom is -0.212 e. The molecule has 1 saturated heterocycles. The van der Waals surface area contributed by atoms with Crippen LogP contribution in [0.5, 0.6) is 0 Å². The van der Waals surface area contributed by atoms with Crippen LogP contribution in [0.2, 0.25) is 0 Å². The van der Waals surface area contributed by atoms with E-state index in [-0.39, 0.29) is 5.75 Å². The SMILES string of the molecule is CCC1CCN(S(=O)(=O)Cc2ccccc2C#N)C1. The lowest BCUT2D eigenvalue weighted by atomic mass is 10.1. The molecule has 0 spiro atoms. The third-order valence-corrected chi connectivity index (χ3v) is 5.49. The van der Waals surface area contributed by atoms with Crippen molar-refractivity contribution in [3.63, 3.8) is 0 Å². The average Bonchev–Trinajstić information content (AvgIpc) is 2.88. The highest BCUT2D eigenvalue weighted by Gasteiger charge is 2.30. The van der Waals surface area contributed by atoms with E-state index in [1.807, 2.05) is 6.07 Å². The van der Waals surface area contributed by atoms with Gasteiger partial charge in [-0.15, -0.1) is 0 Å². The summed E-state index contributed by atoms with van der Waals surface area (Å²) in [7, 11) is -3.31. The van der Waals surface area contributed by atoms with E-state index in [0.717, 1.165) is 12.8 Å². The van der Waals surface area contributed by atoms with Crippen molar-refractivity contribution in [3.05, 3.63) is 35.4 Å². The van der Waals surface area contributed by atoms with Crippen LogP contribution in [0.4, 0.5) is 0 Å². The molecule has 0 bridgehead atoms. The molecule has 1 heterocycles. The molecule has 0 aromatic heterocycles. The Bertz CT molecular complexity index is 590. The van der Waals surface area contributed by atoms with Crippen LogP contribution in [-0.4, -0.2) is 25.8 Å². The van der Waals surface area contributed by atoms with E-state index in [1.54, 1.807) is 28.6 Å². The van der Waals surface area contributed by atoms with Gasteiger partial charge in [-0.2, -0.15) is 5.26 Å². The molecule has 1 aliphatic rings. The van der Waals surface area contributed by atoms with Crippen LogP contribution < -0.4 is 0 Å². The number of hydrogen-bond donors (Lipinski definition) is 0. The molecule has 1 unspecified atom stereocenters. The van der Waals surface area contributed by atoms with Gasteiger partial charge < -0.3 is 0 Å². The Kier molecular flexibility index (Phi) is 4.23. The van der Waals surface area contributed by atoms with Crippen LogP contribution >= 0.6 is 0 Å². The highest BCUT2D eigenvalue weighted by atomic mass is 32.2. The van der Waals surface area contributed by atoms with Crippen molar-refractivity contribution in [1.82, 2.24) is 4.31 Å². The fourth-order valence-electron chi connectivity index (χ4n) is 2.43. The summed E-state index contributed by atoms with van der Waals surface area (Å²) in [6.07, 6.45) is 1.95. The van der Waals surface area contributed by atoms with E-state index in [2.05, 4.69) is 6.92 Å². The molecule has 19 heavy (non-hydrogen) atoms. The normalized spacial score (nSPS) is 20.3. The van der Waals surface area contributed by atoms with Crippen LogP contribution in [-0.2, 0) is 15.8 Å². The summed E-state index contributed by atoms with van der Waals surface area (Å²) in [5, 5.41) is 9.00. The molecule has 5 heteroatoms. The van der Waals surface area contributed by atoms with Gasteiger partial charge >= 0.3 is 0 Å².